The largest absolute Gasteiger partial charge is 0.497 e. The van der Waals surface area contributed by atoms with Crippen LogP contribution in [0.5, 0.6) is 5.75 Å². The van der Waals surface area contributed by atoms with Crippen molar-refractivity contribution >= 4 is 10.8 Å². The van der Waals surface area contributed by atoms with Crippen LogP contribution in [0.25, 0.3) is 10.8 Å². The predicted molar refractivity (Wildman–Crippen MR) is 56.7 cm³/mol. The minimum absolute atomic E-state index is 0.410. The lowest BCUT2D eigenvalue weighted by atomic mass is 10.1. The smallest absolute Gasteiger partial charge is 0.290 e. The van der Waals surface area contributed by atoms with E-state index in [0.717, 1.165) is 10.9 Å². The molecule has 0 unspecified atom stereocenters. The summed E-state index contributed by atoms with van der Waals surface area (Å²) in [5.41, 5.74) is 0.380. The van der Waals surface area contributed by atoms with E-state index in [1.807, 2.05) is 6.92 Å². The Morgan fingerprint density at radius 3 is 2.80 bits per heavy atom. The van der Waals surface area contributed by atoms with Crippen LogP contribution in [0, 0.1) is 6.92 Å². The molecule has 4 heteroatoms. The Morgan fingerprint density at radius 2 is 2.13 bits per heavy atom. The molecule has 2 rings (SSSR count). The quantitative estimate of drug-likeness (QED) is 0.719. The maximum atomic E-state index is 11.6. The summed E-state index contributed by atoms with van der Waals surface area (Å²) in [6, 6.07) is 5.21. The number of fused-ring (bicyclic) bond motifs is 1. The van der Waals surface area contributed by atoms with Crippen molar-refractivity contribution in [3.8, 4) is 5.75 Å². The number of hydrogen-bond acceptors (Lipinski definition) is 3. The number of hydrogen-bond donors (Lipinski definition) is 1. The van der Waals surface area contributed by atoms with Crippen LogP contribution >= 0.6 is 0 Å². The summed E-state index contributed by atoms with van der Waals surface area (Å²) >= 11 is 0. The van der Waals surface area contributed by atoms with Gasteiger partial charge in [-0.3, -0.25) is 4.79 Å². The van der Waals surface area contributed by atoms with Gasteiger partial charge in [-0.15, -0.1) is 0 Å². The molecule has 0 aliphatic carbocycles. The van der Waals surface area contributed by atoms with Crippen LogP contribution in [-0.4, -0.2) is 17.0 Å². The zero-order chi connectivity index (χ0) is 11.0. The summed E-state index contributed by atoms with van der Waals surface area (Å²) in [6.07, 6.45) is 1.32. The van der Waals surface area contributed by atoms with Gasteiger partial charge in [0.15, 0.2) is 0 Å². The van der Waals surface area contributed by atoms with Crippen molar-refractivity contribution in [2.24, 2.45) is 0 Å². The van der Waals surface area contributed by atoms with Crippen LogP contribution in [0.15, 0.2) is 29.2 Å². The standard InChI is InChI=1S/C11H11NO3/c1-7-5-9(15-2)6-8-3-4-12(14)11(13)10(7)8/h3-6,14H,1-2H3. The fourth-order valence-electron chi connectivity index (χ4n) is 1.65. The van der Waals surface area contributed by atoms with Gasteiger partial charge in [-0.1, -0.05) is 0 Å². The molecule has 2 aromatic rings. The highest BCUT2D eigenvalue weighted by molar-refractivity contribution is 5.86. The van der Waals surface area contributed by atoms with Crippen LogP contribution in [-0.2, 0) is 0 Å². The minimum atomic E-state index is -0.410. The van der Waals surface area contributed by atoms with E-state index in [-0.39, 0.29) is 0 Å². The average Bonchev–Trinajstić information content (AvgIpc) is 2.23. The van der Waals surface area contributed by atoms with E-state index in [9.17, 15) is 10.0 Å². The topological polar surface area (TPSA) is 51.5 Å². The molecule has 1 aromatic carbocycles. The summed E-state index contributed by atoms with van der Waals surface area (Å²) in [6.45, 7) is 1.81. The van der Waals surface area contributed by atoms with Gasteiger partial charge in [0, 0.05) is 6.20 Å². The van der Waals surface area contributed by atoms with Gasteiger partial charge in [0.1, 0.15) is 5.75 Å². The number of benzene rings is 1. The highest BCUT2D eigenvalue weighted by atomic mass is 16.5. The van der Waals surface area contributed by atoms with E-state index in [1.165, 1.54) is 6.20 Å². The normalized spacial score (nSPS) is 10.5. The molecular formula is C11H11NO3. The average molecular weight is 205 g/mol. The van der Waals surface area contributed by atoms with E-state index in [0.29, 0.717) is 15.9 Å². The first-order chi connectivity index (χ1) is 7.13. The first kappa shape index (κ1) is 9.58. The van der Waals surface area contributed by atoms with Crippen LogP contribution in [0.2, 0.25) is 0 Å². The lowest BCUT2D eigenvalue weighted by Gasteiger charge is -2.06. The lowest BCUT2D eigenvalue weighted by Crippen LogP contribution is -2.17. The molecule has 78 valence electrons. The van der Waals surface area contributed by atoms with Crippen molar-refractivity contribution in [1.29, 1.82) is 0 Å². The summed E-state index contributed by atoms with van der Waals surface area (Å²) < 4.78 is 5.69. The highest BCUT2D eigenvalue weighted by Crippen LogP contribution is 2.21. The maximum Gasteiger partial charge on any atom is 0.290 e. The number of nitrogens with zero attached hydrogens (tertiary/aromatic N) is 1. The third kappa shape index (κ3) is 1.44. The summed E-state index contributed by atoms with van der Waals surface area (Å²) in [4.78, 5) is 11.6. The molecule has 0 atom stereocenters. The molecule has 0 spiro atoms. The molecule has 0 fully saturated rings. The van der Waals surface area contributed by atoms with E-state index in [4.69, 9.17) is 4.74 Å². The summed E-state index contributed by atoms with van der Waals surface area (Å²) in [5.74, 6) is 0.704. The molecule has 0 saturated heterocycles. The van der Waals surface area contributed by atoms with E-state index >= 15 is 0 Å². The number of methoxy groups -OCH3 is 1. The van der Waals surface area contributed by atoms with Gasteiger partial charge in [-0.2, -0.15) is 4.73 Å². The third-order valence-electron chi connectivity index (χ3n) is 2.39. The van der Waals surface area contributed by atoms with Gasteiger partial charge in [0.05, 0.1) is 12.5 Å². The first-order valence-electron chi connectivity index (χ1n) is 4.53. The Labute approximate surface area is 86.3 Å². The molecule has 0 aliphatic rings. The van der Waals surface area contributed by atoms with Crippen molar-refractivity contribution in [2.45, 2.75) is 6.92 Å². The number of aromatic nitrogens is 1. The second kappa shape index (κ2) is 3.31. The molecule has 0 bridgehead atoms. The summed E-state index contributed by atoms with van der Waals surface area (Å²) in [5, 5.41) is 10.5. The zero-order valence-electron chi connectivity index (χ0n) is 8.52. The number of aryl methyl sites for hydroxylation is 1. The molecule has 0 radical (unpaired) electrons. The highest BCUT2D eigenvalue weighted by Gasteiger charge is 2.06. The SMILES string of the molecule is COc1cc(C)c2c(=O)n(O)ccc2c1. The van der Waals surface area contributed by atoms with Gasteiger partial charge in [0.25, 0.3) is 5.56 Å². The van der Waals surface area contributed by atoms with Crippen molar-refractivity contribution in [1.82, 2.24) is 4.73 Å². The molecule has 1 heterocycles. The van der Waals surface area contributed by atoms with Gasteiger partial charge in [-0.25, -0.2) is 0 Å². The van der Waals surface area contributed by atoms with E-state index < -0.39 is 5.56 Å². The second-order valence-electron chi connectivity index (χ2n) is 3.37. The third-order valence-corrected chi connectivity index (χ3v) is 2.39. The van der Waals surface area contributed by atoms with Gasteiger partial charge in [0.2, 0.25) is 0 Å². The summed E-state index contributed by atoms with van der Waals surface area (Å²) in [7, 11) is 1.58. The van der Waals surface area contributed by atoms with Gasteiger partial charge >= 0.3 is 0 Å². The van der Waals surface area contributed by atoms with Crippen LogP contribution < -0.4 is 10.3 Å². The number of pyridine rings is 1. The fourth-order valence-corrected chi connectivity index (χ4v) is 1.65. The molecule has 1 aromatic heterocycles. The molecular weight excluding hydrogens is 194 g/mol. The minimum Gasteiger partial charge on any atom is -0.497 e. The Hall–Kier alpha value is -1.97. The van der Waals surface area contributed by atoms with E-state index in [2.05, 4.69) is 0 Å². The Morgan fingerprint density at radius 1 is 1.40 bits per heavy atom. The predicted octanol–water partition coefficient (Wildman–Crippen LogP) is 1.56. The Bertz CT molecular complexity index is 572. The lowest BCUT2D eigenvalue weighted by molar-refractivity contribution is 0.176. The monoisotopic (exact) mass is 205 g/mol. The first-order valence-corrected chi connectivity index (χ1v) is 4.53. The molecule has 0 saturated carbocycles. The molecule has 15 heavy (non-hydrogen) atoms. The number of ether oxygens (including phenoxy) is 1. The number of rotatable bonds is 1. The zero-order valence-corrected chi connectivity index (χ0v) is 8.52. The molecule has 1 N–H and O–H groups in total. The van der Waals surface area contributed by atoms with Crippen molar-refractivity contribution in [3.63, 3.8) is 0 Å². The Kier molecular flexibility index (Phi) is 2.11. The second-order valence-corrected chi connectivity index (χ2v) is 3.37. The molecule has 0 amide bonds. The van der Waals surface area contributed by atoms with Crippen LogP contribution in [0.3, 0.4) is 0 Å². The molecule has 0 aliphatic heterocycles. The van der Waals surface area contributed by atoms with Crippen LogP contribution in [0.4, 0.5) is 0 Å². The van der Waals surface area contributed by atoms with E-state index in [1.54, 1.807) is 25.3 Å². The fraction of sp³-hybridized carbons (Fsp3) is 0.182. The maximum absolute atomic E-state index is 11.6. The van der Waals surface area contributed by atoms with Crippen molar-refractivity contribution in [3.05, 3.63) is 40.3 Å². The van der Waals surface area contributed by atoms with Gasteiger partial charge in [-0.05, 0) is 36.1 Å². The van der Waals surface area contributed by atoms with Crippen molar-refractivity contribution in [2.75, 3.05) is 7.11 Å². The van der Waals surface area contributed by atoms with Crippen molar-refractivity contribution < 1.29 is 9.94 Å². The Balaban J connectivity index is 2.92. The van der Waals surface area contributed by atoms with Gasteiger partial charge < -0.3 is 9.94 Å². The van der Waals surface area contributed by atoms with Crippen LogP contribution in [0.1, 0.15) is 5.56 Å². The molecule has 4 nitrogen and oxygen atoms in total.